The van der Waals surface area contributed by atoms with Gasteiger partial charge in [0.25, 0.3) is 11.8 Å². The van der Waals surface area contributed by atoms with Gasteiger partial charge in [-0.25, -0.2) is 9.69 Å². The molecule has 138 valence electrons. The van der Waals surface area contributed by atoms with Crippen LogP contribution in [0.25, 0.3) is 6.08 Å². The van der Waals surface area contributed by atoms with Gasteiger partial charge >= 0.3 is 6.03 Å². The molecule has 3 rings (SSSR count). The van der Waals surface area contributed by atoms with Crippen LogP contribution in [0.2, 0.25) is 0 Å². The smallest absolute Gasteiger partial charge is 0.335 e. The molecule has 1 fully saturated rings. The lowest BCUT2D eigenvalue weighted by molar-refractivity contribution is -0.122. The lowest BCUT2D eigenvalue weighted by Crippen LogP contribution is -2.54. The molecule has 0 saturated carbocycles. The van der Waals surface area contributed by atoms with E-state index in [0.29, 0.717) is 22.7 Å². The molecule has 27 heavy (non-hydrogen) atoms. The Bertz CT molecular complexity index is 965. The molecule has 0 unspecified atom stereocenters. The zero-order valence-electron chi connectivity index (χ0n) is 15.1. The summed E-state index contributed by atoms with van der Waals surface area (Å²) in [5.41, 5.74) is 1.56. The van der Waals surface area contributed by atoms with Crippen molar-refractivity contribution in [2.75, 3.05) is 19.1 Å². The number of hydrogen-bond acceptors (Lipinski definition) is 5. The van der Waals surface area contributed by atoms with Crippen molar-refractivity contribution in [3.8, 4) is 11.5 Å². The number of ether oxygens (including phenoxy) is 2. The van der Waals surface area contributed by atoms with Crippen molar-refractivity contribution in [2.45, 2.75) is 6.92 Å². The van der Waals surface area contributed by atoms with Gasteiger partial charge in [-0.05, 0) is 36.8 Å². The summed E-state index contributed by atoms with van der Waals surface area (Å²) >= 11 is 0. The SMILES string of the molecule is COc1cccc(C=C2C(=O)NC(=O)N(c3cccc(C)c3)C2=O)c1OC. The molecule has 1 saturated heterocycles. The van der Waals surface area contributed by atoms with Crippen LogP contribution in [-0.4, -0.2) is 32.1 Å². The highest BCUT2D eigenvalue weighted by molar-refractivity contribution is 6.39. The van der Waals surface area contributed by atoms with Crippen LogP contribution in [-0.2, 0) is 9.59 Å². The van der Waals surface area contributed by atoms with E-state index in [1.54, 1.807) is 36.4 Å². The Balaban J connectivity index is 2.08. The number of rotatable bonds is 4. The van der Waals surface area contributed by atoms with Crippen LogP contribution < -0.4 is 19.7 Å². The van der Waals surface area contributed by atoms with E-state index in [9.17, 15) is 14.4 Å². The van der Waals surface area contributed by atoms with E-state index in [1.807, 2.05) is 13.0 Å². The molecule has 0 bridgehead atoms. The molecule has 7 heteroatoms. The zero-order valence-corrected chi connectivity index (χ0v) is 15.1. The van der Waals surface area contributed by atoms with E-state index in [4.69, 9.17) is 9.47 Å². The van der Waals surface area contributed by atoms with Crippen molar-refractivity contribution in [3.05, 3.63) is 59.2 Å². The molecule has 1 aliphatic heterocycles. The summed E-state index contributed by atoms with van der Waals surface area (Å²) in [4.78, 5) is 38.4. The number of para-hydroxylation sites is 1. The maximum absolute atomic E-state index is 12.9. The van der Waals surface area contributed by atoms with E-state index < -0.39 is 17.8 Å². The van der Waals surface area contributed by atoms with E-state index in [1.165, 1.54) is 20.3 Å². The molecule has 0 radical (unpaired) electrons. The summed E-state index contributed by atoms with van der Waals surface area (Å²) in [6.45, 7) is 1.85. The topological polar surface area (TPSA) is 84.9 Å². The molecular formula is C20H18N2O5. The van der Waals surface area contributed by atoms with E-state index >= 15 is 0 Å². The fraction of sp³-hybridized carbons (Fsp3) is 0.150. The van der Waals surface area contributed by atoms with Crippen molar-refractivity contribution >= 4 is 29.6 Å². The third kappa shape index (κ3) is 3.39. The van der Waals surface area contributed by atoms with Crippen molar-refractivity contribution in [2.24, 2.45) is 0 Å². The normalized spacial score (nSPS) is 15.7. The third-order valence-electron chi connectivity index (χ3n) is 4.09. The Morgan fingerprint density at radius 2 is 1.74 bits per heavy atom. The second kappa shape index (κ2) is 7.33. The van der Waals surface area contributed by atoms with Gasteiger partial charge in [0, 0.05) is 5.56 Å². The first-order valence-corrected chi connectivity index (χ1v) is 8.15. The fourth-order valence-corrected chi connectivity index (χ4v) is 2.84. The second-order valence-electron chi connectivity index (χ2n) is 5.88. The second-order valence-corrected chi connectivity index (χ2v) is 5.88. The number of carbonyl (C=O) groups is 3. The Morgan fingerprint density at radius 1 is 1.00 bits per heavy atom. The lowest BCUT2D eigenvalue weighted by Gasteiger charge is -2.26. The number of nitrogens with one attached hydrogen (secondary N) is 1. The van der Waals surface area contributed by atoms with Crippen molar-refractivity contribution in [1.82, 2.24) is 5.32 Å². The Morgan fingerprint density at radius 3 is 2.41 bits per heavy atom. The fourth-order valence-electron chi connectivity index (χ4n) is 2.84. The number of benzene rings is 2. The molecule has 0 atom stereocenters. The molecule has 0 aliphatic carbocycles. The van der Waals surface area contributed by atoms with Gasteiger partial charge in [-0.15, -0.1) is 0 Å². The largest absolute Gasteiger partial charge is 0.493 e. The van der Waals surface area contributed by atoms with Gasteiger partial charge in [0.1, 0.15) is 5.57 Å². The van der Waals surface area contributed by atoms with Crippen LogP contribution in [0.4, 0.5) is 10.5 Å². The lowest BCUT2D eigenvalue weighted by atomic mass is 10.1. The first kappa shape index (κ1) is 18.2. The van der Waals surface area contributed by atoms with Crippen LogP contribution in [0.5, 0.6) is 11.5 Å². The summed E-state index contributed by atoms with van der Waals surface area (Å²) in [5, 5.41) is 2.20. The highest BCUT2D eigenvalue weighted by Gasteiger charge is 2.37. The van der Waals surface area contributed by atoms with Gasteiger partial charge in [-0.2, -0.15) is 0 Å². The van der Waals surface area contributed by atoms with E-state index in [-0.39, 0.29) is 5.57 Å². The van der Waals surface area contributed by atoms with E-state index in [2.05, 4.69) is 5.32 Å². The highest BCUT2D eigenvalue weighted by atomic mass is 16.5. The van der Waals surface area contributed by atoms with Crippen LogP contribution >= 0.6 is 0 Å². The van der Waals surface area contributed by atoms with Gasteiger partial charge < -0.3 is 9.47 Å². The third-order valence-corrected chi connectivity index (χ3v) is 4.09. The number of urea groups is 1. The number of barbiturate groups is 1. The number of methoxy groups -OCH3 is 2. The zero-order chi connectivity index (χ0) is 19.6. The van der Waals surface area contributed by atoms with Crippen LogP contribution in [0.15, 0.2) is 48.0 Å². The van der Waals surface area contributed by atoms with Gasteiger partial charge in [-0.1, -0.05) is 24.3 Å². The Hall–Kier alpha value is -3.61. The predicted molar refractivity (Wildman–Crippen MR) is 99.7 cm³/mol. The summed E-state index contributed by atoms with van der Waals surface area (Å²) in [7, 11) is 2.95. The summed E-state index contributed by atoms with van der Waals surface area (Å²) in [5.74, 6) is -0.632. The van der Waals surface area contributed by atoms with Crippen LogP contribution in [0, 0.1) is 6.92 Å². The van der Waals surface area contributed by atoms with Crippen LogP contribution in [0.3, 0.4) is 0 Å². The minimum atomic E-state index is -0.787. The maximum Gasteiger partial charge on any atom is 0.335 e. The molecule has 4 amide bonds. The number of amides is 4. The number of nitrogens with zero attached hydrogens (tertiary/aromatic N) is 1. The number of anilines is 1. The highest BCUT2D eigenvalue weighted by Crippen LogP contribution is 2.33. The van der Waals surface area contributed by atoms with Crippen molar-refractivity contribution < 1.29 is 23.9 Å². The number of imide groups is 2. The van der Waals surface area contributed by atoms with Crippen LogP contribution in [0.1, 0.15) is 11.1 Å². The summed E-state index contributed by atoms with van der Waals surface area (Å²) < 4.78 is 10.6. The molecule has 0 spiro atoms. The van der Waals surface area contributed by atoms with Crippen molar-refractivity contribution in [3.63, 3.8) is 0 Å². The quantitative estimate of drug-likeness (QED) is 0.664. The molecule has 1 aliphatic rings. The van der Waals surface area contributed by atoms with Gasteiger partial charge in [0.05, 0.1) is 19.9 Å². The van der Waals surface area contributed by atoms with E-state index in [0.717, 1.165) is 10.5 Å². The van der Waals surface area contributed by atoms with Gasteiger partial charge in [-0.3, -0.25) is 14.9 Å². The maximum atomic E-state index is 12.9. The Labute approximate surface area is 156 Å². The average Bonchev–Trinajstić information content (AvgIpc) is 2.64. The van der Waals surface area contributed by atoms with Crippen molar-refractivity contribution in [1.29, 1.82) is 0 Å². The van der Waals surface area contributed by atoms with Gasteiger partial charge in [0.15, 0.2) is 11.5 Å². The Kier molecular flexibility index (Phi) is 4.94. The number of hydrogen-bond donors (Lipinski definition) is 1. The monoisotopic (exact) mass is 366 g/mol. The molecule has 7 nitrogen and oxygen atoms in total. The minimum Gasteiger partial charge on any atom is -0.493 e. The standard InChI is InChI=1S/C20H18N2O5/c1-12-6-4-8-14(10-12)22-19(24)15(18(23)21-20(22)25)11-13-7-5-9-16(26-2)17(13)27-3/h4-11H,1-3H3,(H,21,23,25). The molecule has 0 aromatic heterocycles. The number of aryl methyl sites for hydroxylation is 1. The molecule has 1 heterocycles. The summed E-state index contributed by atoms with van der Waals surface area (Å²) in [6.07, 6.45) is 1.38. The molecule has 1 N–H and O–H groups in total. The molecule has 2 aromatic rings. The average molecular weight is 366 g/mol. The predicted octanol–water partition coefficient (Wildman–Crippen LogP) is 2.68. The first-order valence-electron chi connectivity index (χ1n) is 8.15. The number of carbonyl (C=O) groups excluding carboxylic acids is 3. The molecular weight excluding hydrogens is 348 g/mol. The summed E-state index contributed by atoms with van der Waals surface area (Å²) in [6, 6.07) is 11.2. The first-order chi connectivity index (χ1) is 13.0. The molecule has 2 aromatic carbocycles. The van der Waals surface area contributed by atoms with Gasteiger partial charge in [0.2, 0.25) is 0 Å². The minimum absolute atomic E-state index is 0.178.